The summed E-state index contributed by atoms with van der Waals surface area (Å²) in [5.74, 6) is 2.23. The van der Waals surface area contributed by atoms with Gasteiger partial charge in [0.1, 0.15) is 11.5 Å². The lowest BCUT2D eigenvalue weighted by Gasteiger charge is -2.20. The maximum atomic E-state index is 12.7. The number of thioether (sulfide) groups is 1. The summed E-state index contributed by atoms with van der Waals surface area (Å²) in [5, 5.41) is 2.98. The van der Waals surface area contributed by atoms with Crippen molar-refractivity contribution in [1.82, 2.24) is 5.32 Å². The number of carbonyl (C=O) groups is 1. The molecule has 1 N–H and O–H groups in total. The number of nitrogens with one attached hydrogen (secondary N) is 1. The molecule has 0 aliphatic heterocycles. The van der Waals surface area contributed by atoms with Gasteiger partial charge in [-0.2, -0.15) is 0 Å². The average molecular weight is 450 g/mol. The number of aryl methyl sites for hydroxylation is 1. The molecule has 0 saturated heterocycles. The molecular weight excluding hydrogens is 418 g/mol. The molecule has 168 valence electrons. The first kappa shape index (κ1) is 23.7. The van der Waals surface area contributed by atoms with E-state index in [1.54, 1.807) is 30.2 Å². The van der Waals surface area contributed by atoms with Gasteiger partial charge in [0.25, 0.3) is 5.91 Å². The number of rotatable bonds is 9. The molecule has 2 heterocycles. The molecule has 0 bridgehead atoms. The largest absolute Gasteiger partial charge is 0.465 e. The highest BCUT2D eigenvalue weighted by Crippen LogP contribution is 2.31. The van der Waals surface area contributed by atoms with E-state index in [-0.39, 0.29) is 17.4 Å². The monoisotopic (exact) mass is 449 g/mol. The van der Waals surface area contributed by atoms with Crippen LogP contribution in [-0.2, 0) is 11.2 Å². The molecule has 4 nitrogen and oxygen atoms in total. The van der Waals surface area contributed by atoms with Crippen molar-refractivity contribution in [2.45, 2.75) is 56.2 Å². The molecule has 32 heavy (non-hydrogen) atoms. The molecule has 1 amide bonds. The Labute approximate surface area is 194 Å². The van der Waals surface area contributed by atoms with Gasteiger partial charge in [-0.15, -0.1) is 18.3 Å². The SMILES string of the molecule is C=CCC(C=Cc1ccco1)NC(=O)c1ccc(CSc2cc(C(C)(C)C)ccc2C)o1. The molecule has 0 radical (unpaired) electrons. The third kappa shape index (κ3) is 6.54. The number of carbonyl (C=O) groups excluding carboxylic acids is 1. The molecule has 0 aliphatic rings. The third-order valence-corrected chi connectivity index (χ3v) is 6.26. The standard InChI is InChI=1S/C27H31NO3S/c1-6-8-21(12-13-22-9-7-16-30-22)28-26(29)24-15-14-23(31-24)18-32-25-17-20(27(3,4)5)11-10-19(25)2/h6-7,9-17,21H,1,8,18H2,2-5H3,(H,28,29). The van der Waals surface area contributed by atoms with Crippen LogP contribution >= 0.6 is 11.8 Å². The van der Waals surface area contributed by atoms with Gasteiger partial charge in [0.15, 0.2) is 5.76 Å². The van der Waals surface area contributed by atoms with E-state index in [0.717, 1.165) is 11.5 Å². The van der Waals surface area contributed by atoms with Gasteiger partial charge >= 0.3 is 0 Å². The van der Waals surface area contributed by atoms with Gasteiger partial charge in [0, 0.05) is 4.90 Å². The number of amides is 1. The van der Waals surface area contributed by atoms with Gasteiger partial charge in [-0.1, -0.05) is 45.1 Å². The van der Waals surface area contributed by atoms with E-state index in [1.807, 2.05) is 30.4 Å². The Balaban J connectivity index is 1.62. The fraction of sp³-hybridized carbons (Fsp3) is 0.296. The summed E-state index contributed by atoms with van der Waals surface area (Å²) in [6.45, 7) is 12.5. The van der Waals surface area contributed by atoms with Crippen molar-refractivity contribution in [1.29, 1.82) is 0 Å². The van der Waals surface area contributed by atoms with Crippen LogP contribution in [0.15, 0.2) is 81.2 Å². The first-order valence-electron chi connectivity index (χ1n) is 10.7. The van der Waals surface area contributed by atoms with Crippen LogP contribution in [0.2, 0.25) is 0 Å². The Morgan fingerprint density at radius 3 is 2.72 bits per heavy atom. The second-order valence-electron chi connectivity index (χ2n) is 8.76. The van der Waals surface area contributed by atoms with Crippen LogP contribution in [0.1, 0.15) is 60.4 Å². The molecule has 3 rings (SSSR count). The van der Waals surface area contributed by atoms with Crippen LogP contribution in [0.3, 0.4) is 0 Å². The van der Waals surface area contributed by atoms with Crippen LogP contribution in [0.25, 0.3) is 6.08 Å². The van der Waals surface area contributed by atoms with Crippen LogP contribution in [-0.4, -0.2) is 11.9 Å². The molecule has 1 unspecified atom stereocenters. The normalized spacial score (nSPS) is 12.8. The van der Waals surface area contributed by atoms with Crippen LogP contribution < -0.4 is 5.32 Å². The molecule has 5 heteroatoms. The van der Waals surface area contributed by atoms with E-state index in [9.17, 15) is 4.79 Å². The summed E-state index contributed by atoms with van der Waals surface area (Å²) >= 11 is 1.72. The smallest absolute Gasteiger partial charge is 0.287 e. The van der Waals surface area contributed by atoms with Crippen molar-refractivity contribution in [2.24, 2.45) is 0 Å². The Hall–Kier alpha value is -2.92. The Morgan fingerprint density at radius 1 is 1.22 bits per heavy atom. The molecule has 1 atom stereocenters. The maximum absolute atomic E-state index is 12.7. The van der Waals surface area contributed by atoms with E-state index in [4.69, 9.17) is 8.83 Å². The predicted octanol–water partition coefficient (Wildman–Crippen LogP) is 7.16. The second kappa shape index (κ2) is 10.6. The lowest BCUT2D eigenvalue weighted by atomic mass is 9.87. The average Bonchev–Trinajstić information content (AvgIpc) is 3.43. The van der Waals surface area contributed by atoms with Crippen molar-refractivity contribution in [3.8, 4) is 0 Å². The summed E-state index contributed by atoms with van der Waals surface area (Å²) < 4.78 is 11.1. The van der Waals surface area contributed by atoms with Crippen LogP contribution in [0.5, 0.6) is 0 Å². The van der Waals surface area contributed by atoms with Gasteiger partial charge in [-0.3, -0.25) is 4.79 Å². The van der Waals surface area contributed by atoms with Crippen molar-refractivity contribution < 1.29 is 13.6 Å². The maximum Gasteiger partial charge on any atom is 0.287 e. The number of hydrogen-bond acceptors (Lipinski definition) is 4. The number of benzene rings is 1. The summed E-state index contributed by atoms with van der Waals surface area (Å²) in [6.07, 6.45) is 7.73. The highest BCUT2D eigenvalue weighted by molar-refractivity contribution is 7.98. The minimum absolute atomic E-state index is 0.103. The zero-order chi connectivity index (χ0) is 23.1. The molecule has 0 spiro atoms. The minimum Gasteiger partial charge on any atom is -0.465 e. The number of hydrogen-bond donors (Lipinski definition) is 1. The summed E-state index contributed by atoms with van der Waals surface area (Å²) in [6, 6.07) is 13.7. The summed E-state index contributed by atoms with van der Waals surface area (Å²) in [7, 11) is 0. The Morgan fingerprint density at radius 2 is 2.03 bits per heavy atom. The van der Waals surface area contributed by atoms with E-state index >= 15 is 0 Å². The van der Waals surface area contributed by atoms with E-state index in [2.05, 4.69) is 57.8 Å². The van der Waals surface area contributed by atoms with Crippen molar-refractivity contribution in [2.75, 3.05) is 0 Å². The van der Waals surface area contributed by atoms with Crippen LogP contribution in [0, 0.1) is 6.92 Å². The quantitative estimate of drug-likeness (QED) is 0.278. The van der Waals surface area contributed by atoms with Crippen molar-refractivity contribution in [3.05, 3.63) is 95.9 Å². The lowest BCUT2D eigenvalue weighted by Crippen LogP contribution is -2.32. The fourth-order valence-corrected chi connectivity index (χ4v) is 4.11. The first-order valence-corrected chi connectivity index (χ1v) is 11.7. The third-order valence-electron chi connectivity index (χ3n) is 5.08. The lowest BCUT2D eigenvalue weighted by molar-refractivity contribution is 0.0915. The zero-order valence-corrected chi connectivity index (χ0v) is 20.0. The van der Waals surface area contributed by atoms with Gasteiger partial charge in [-0.25, -0.2) is 0 Å². The Kier molecular flexibility index (Phi) is 7.86. The molecule has 2 aromatic heterocycles. The fourth-order valence-electron chi connectivity index (χ4n) is 3.15. The first-order chi connectivity index (χ1) is 15.3. The van der Waals surface area contributed by atoms with E-state index in [1.165, 1.54) is 16.0 Å². The molecular formula is C27H31NO3S. The topological polar surface area (TPSA) is 55.4 Å². The highest BCUT2D eigenvalue weighted by Gasteiger charge is 2.17. The predicted molar refractivity (Wildman–Crippen MR) is 132 cm³/mol. The Bertz CT molecular complexity index is 1070. The molecule has 3 aromatic rings. The molecule has 0 fully saturated rings. The number of furan rings is 2. The summed E-state index contributed by atoms with van der Waals surface area (Å²) in [4.78, 5) is 13.9. The minimum atomic E-state index is -0.247. The van der Waals surface area contributed by atoms with Crippen LogP contribution in [0.4, 0.5) is 0 Å². The second-order valence-corrected chi connectivity index (χ2v) is 9.78. The summed E-state index contributed by atoms with van der Waals surface area (Å²) in [5.41, 5.74) is 2.65. The van der Waals surface area contributed by atoms with Gasteiger partial charge in [-0.05, 0) is 66.3 Å². The van der Waals surface area contributed by atoms with Gasteiger partial charge < -0.3 is 14.2 Å². The molecule has 0 saturated carbocycles. The van der Waals surface area contributed by atoms with E-state index < -0.39 is 0 Å². The highest BCUT2D eigenvalue weighted by atomic mass is 32.2. The zero-order valence-electron chi connectivity index (χ0n) is 19.2. The van der Waals surface area contributed by atoms with Gasteiger partial charge in [0.2, 0.25) is 0 Å². The molecule has 1 aromatic carbocycles. The van der Waals surface area contributed by atoms with Crippen molar-refractivity contribution >= 4 is 23.7 Å². The van der Waals surface area contributed by atoms with E-state index in [0.29, 0.717) is 17.9 Å². The van der Waals surface area contributed by atoms with Crippen molar-refractivity contribution in [3.63, 3.8) is 0 Å². The molecule has 0 aliphatic carbocycles. The van der Waals surface area contributed by atoms with Gasteiger partial charge in [0.05, 0.1) is 18.1 Å².